The Balaban J connectivity index is 1.78. The summed E-state index contributed by atoms with van der Waals surface area (Å²) in [4.78, 5) is 13.5. The van der Waals surface area contributed by atoms with Crippen molar-refractivity contribution in [3.8, 4) is 0 Å². The van der Waals surface area contributed by atoms with Crippen molar-refractivity contribution < 1.29 is 4.79 Å². The van der Waals surface area contributed by atoms with Crippen LogP contribution in [0.25, 0.3) is 0 Å². The van der Waals surface area contributed by atoms with E-state index in [2.05, 4.69) is 16.3 Å². The normalized spacial score (nSPS) is 12.9. The highest BCUT2D eigenvalue weighted by Gasteiger charge is 2.17. The van der Waals surface area contributed by atoms with Gasteiger partial charge in [0.1, 0.15) is 0 Å². The fourth-order valence-electron chi connectivity index (χ4n) is 2.51. The summed E-state index contributed by atoms with van der Waals surface area (Å²) in [6.07, 6.45) is 0.477. The molecule has 1 heterocycles. The highest BCUT2D eigenvalue weighted by atomic mass is 16.1. The van der Waals surface area contributed by atoms with E-state index in [0.29, 0.717) is 6.42 Å². The lowest BCUT2D eigenvalue weighted by Gasteiger charge is -2.20. The molecule has 1 aliphatic heterocycles. The van der Waals surface area contributed by atoms with E-state index in [1.807, 2.05) is 43.4 Å². The number of fused-ring (bicyclic) bond motifs is 1. The van der Waals surface area contributed by atoms with Crippen molar-refractivity contribution in [3.05, 3.63) is 53.6 Å². The van der Waals surface area contributed by atoms with Crippen LogP contribution in [0.1, 0.15) is 11.1 Å². The third-order valence-corrected chi connectivity index (χ3v) is 3.53. The predicted octanol–water partition coefficient (Wildman–Crippen LogP) is 2.40. The van der Waals surface area contributed by atoms with Crippen molar-refractivity contribution in [2.75, 3.05) is 23.0 Å². The van der Waals surface area contributed by atoms with Gasteiger partial charge < -0.3 is 16.0 Å². The zero-order valence-corrected chi connectivity index (χ0v) is 11.4. The Kier molecular flexibility index (Phi) is 3.06. The minimum atomic E-state index is 0.0707. The van der Waals surface area contributed by atoms with E-state index in [-0.39, 0.29) is 5.91 Å². The number of anilines is 3. The standard InChI is InChI=1S/C16H17N3O/c1-19(14-4-2-3-13(17)9-14)10-11-5-6-15-12(7-11)8-16(20)18-15/h2-7,9H,8,10,17H2,1H3,(H,18,20). The molecule has 20 heavy (non-hydrogen) atoms. The molecule has 0 saturated heterocycles. The molecule has 0 spiro atoms. The topological polar surface area (TPSA) is 58.4 Å². The minimum absolute atomic E-state index is 0.0707. The summed E-state index contributed by atoms with van der Waals surface area (Å²) in [6, 6.07) is 13.9. The van der Waals surface area contributed by atoms with E-state index in [4.69, 9.17) is 5.73 Å². The van der Waals surface area contributed by atoms with Gasteiger partial charge >= 0.3 is 0 Å². The van der Waals surface area contributed by atoms with Gasteiger partial charge in [-0.05, 0) is 35.4 Å². The SMILES string of the molecule is CN(Cc1ccc2c(c1)CC(=O)N2)c1cccc(N)c1. The molecule has 0 saturated carbocycles. The average molecular weight is 267 g/mol. The van der Waals surface area contributed by atoms with E-state index in [1.165, 1.54) is 5.56 Å². The largest absolute Gasteiger partial charge is 0.399 e. The maximum atomic E-state index is 11.4. The van der Waals surface area contributed by atoms with Crippen molar-refractivity contribution in [2.45, 2.75) is 13.0 Å². The first-order chi connectivity index (χ1) is 9.61. The minimum Gasteiger partial charge on any atom is -0.399 e. The van der Waals surface area contributed by atoms with Crippen LogP contribution < -0.4 is 16.0 Å². The van der Waals surface area contributed by atoms with Gasteiger partial charge in [0.15, 0.2) is 0 Å². The fraction of sp³-hybridized carbons (Fsp3) is 0.188. The van der Waals surface area contributed by atoms with Gasteiger partial charge in [-0.1, -0.05) is 18.2 Å². The summed E-state index contributed by atoms with van der Waals surface area (Å²) in [5, 5.41) is 2.85. The monoisotopic (exact) mass is 267 g/mol. The van der Waals surface area contributed by atoms with Gasteiger partial charge in [-0.2, -0.15) is 0 Å². The summed E-state index contributed by atoms with van der Waals surface area (Å²) in [5.41, 5.74) is 10.8. The molecule has 2 aromatic carbocycles. The van der Waals surface area contributed by atoms with Crippen LogP contribution in [0.15, 0.2) is 42.5 Å². The molecule has 3 rings (SSSR count). The maximum Gasteiger partial charge on any atom is 0.228 e. The molecule has 0 radical (unpaired) electrons. The van der Waals surface area contributed by atoms with Crippen molar-refractivity contribution in [1.82, 2.24) is 0 Å². The van der Waals surface area contributed by atoms with Crippen LogP contribution in [0.5, 0.6) is 0 Å². The summed E-state index contributed by atoms with van der Waals surface area (Å²) in [6.45, 7) is 0.783. The molecule has 4 nitrogen and oxygen atoms in total. The van der Waals surface area contributed by atoms with Crippen LogP contribution >= 0.6 is 0 Å². The van der Waals surface area contributed by atoms with Crippen LogP contribution in [-0.4, -0.2) is 13.0 Å². The Hall–Kier alpha value is -2.49. The average Bonchev–Trinajstić information content (AvgIpc) is 2.78. The van der Waals surface area contributed by atoms with E-state index in [1.54, 1.807) is 0 Å². The molecular formula is C16H17N3O. The Morgan fingerprint density at radius 2 is 2.10 bits per heavy atom. The second-order valence-electron chi connectivity index (χ2n) is 5.17. The molecule has 0 fully saturated rings. The summed E-state index contributed by atoms with van der Waals surface area (Å²) in [5.74, 6) is 0.0707. The molecule has 0 bridgehead atoms. The van der Waals surface area contributed by atoms with Crippen LogP contribution in [0.3, 0.4) is 0 Å². The van der Waals surface area contributed by atoms with E-state index >= 15 is 0 Å². The number of nitrogen functional groups attached to an aromatic ring is 1. The van der Waals surface area contributed by atoms with Crippen molar-refractivity contribution in [2.24, 2.45) is 0 Å². The van der Waals surface area contributed by atoms with E-state index < -0.39 is 0 Å². The van der Waals surface area contributed by atoms with E-state index in [0.717, 1.165) is 29.2 Å². The number of hydrogen-bond donors (Lipinski definition) is 2. The number of nitrogens with one attached hydrogen (secondary N) is 1. The number of rotatable bonds is 3. The first-order valence-corrected chi connectivity index (χ1v) is 6.60. The Morgan fingerprint density at radius 3 is 2.90 bits per heavy atom. The molecule has 1 aliphatic rings. The number of amides is 1. The molecular weight excluding hydrogens is 250 g/mol. The summed E-state index contributed by atoms with van der Waals surface area (Å²) >= 11 is 0. The highest BCUT2D eigenvalue weighted by molar-refractivity contribution is 5.99. The summed E-state index contributed by atoms with van der Waals surface area (Å²) < 4.78 is 0. The van der Waals surface area contributed by atoms with Gasteiger partial charge in [0.2, 0.25) is 5.91 Å². The molecule has 2 aromatic rings. The van der Waals surface area contributed by atoms with Crippen molar-refractivity contribution in [3.63, 3.8) is 0 Å². The van der Waals surface area contributed by atoms with Crippen LogP contribution in [0.4, 0.5) is 17.1 Å². The van der Waals surface area contributed by atoms with Gasteiger partial charge in [-0.25, -0.2) is 0 Å². The number of nitrogens with two attached hydrogens (primary N) is 1. The lowest BCUT2D eigenvalue weighted by Crippen LogP contribution is -2.16. The number of nitrogens with zero attached hydrogens (tertiary/aromatic N) is 1. The molecule has 1 amide bonds. The molecule has 0 unspecified atom stereocenters. The van der Waals surface area contributed by atoms with Gasteiger partial charge in [0, 0.05) is 30.7 Å². The van der Waals surface area contributed by atoms with Crippen molar-refractivity contribution >= 4 is 23.0 Å². The molecule has 3 N–H and O–H groups in total. The fourth-order valence-corrected chi connectivity index (χ4v) is 2.51. The predicted molar refractivity (Wildman–Crippen MR) is 81.7 cm³/mol. The Morgan fingerprint density at radius 1 is 1.25 bits per heavy atom. The molecule has 0 aliphatic carbocycles. The third-order valence-electron chi connectivity index (χ3n) is 3.53. The van der Waals surface area contributed by atoms with Gasteiger partial charge in [-0.15, -0.1) is 0 Å². The molecule has 4 heteroatoms. The smallest absolute Gasteiger partial charge is 0.228 e. The highest BCUT2D eigenvalue weighted by Crippen LogP contribution is 2.25. The molecule has 102 valence electrons. The molecule has 0 atom stereocenters. The summed E-state index contributed by atoms with van der Waals surface area (Å²) in [7, 11) is 2.03. The molecule has 0 aromatic heterocycles. The first kappa shape index (κ1) is 12.5. The van der Waals surface area contributed by atoms with Gasteiger partial charge in [0.25, 0.3) is 0 Å². The first-order valence-electron chi connectivity index (χ1n) is 6.60. The Labute approximate surface area is 118 Å². The maximum absolute atomic E-state index is 11.4. The van der Waals surface area contributed by atoms with Crippen molar-refractivity contribution in [1.29, 1.82) is 0 Å². The number of hydrogen-bond acceptors (Lipinski definition) is 3. The number of benzene rings is 2. The number of carbonyl (C=O) groups excluding carboxylic acids is 1. The lowest BCUT2D eigenvalue weighted by atomic mass is 10.1. The van der Waals surface area contributed by atoms with Crippen LogP contribution in [0, 0.1) is 0 Å². The van der Waals surface area contributed by atoms with Gasteiger partial charge in [0.05, 0.1) is 6.42 Å². The van der Waals surface area contributed by atoms with E-state index in [9.17, 15) is 4.79 Å². The third kappa shape index (κ3) is 2.45. The lowest BCUT2D eigenvalue weighted by molar-refractivity contribution is -0.115. The Bertz CT molecular complexity index is 667. The van der Waals surface area contributed by atoms with Crippen LogP contribution in [-0.2, 0) is 17.8 Å². The zero-order chi connectivity index (χ0) is 14.1. The van der Waals surface area contributed by atoms with Crippen LogP contribution in [0.2, 0.25) is 0 Å². The second-order valence-corrected chi connectivity index (χ2v) is 5.17. The van der Waals surface area contributed by atoms with Gasteiger partial charge in [-0.3, -0.25) is 4.79 Å². The number of carbonyl (C=O) groups is 1. The zero-order valence-electron chi connectivity index (χ0n) is 11.4. The quantitative estimate of drug-likeness (QED) is 0.840. The second kappa shape index (κ2) is 4.89.